The molecule has 2 aliphatic rings. The number of alkyl halides is 2. The molecule has 1 atom stereocenters. The SMILES string of the molecule is CCN1C(=O)N(c2ccccc2)[P@@](=Nc2ccc(SC(F)F)cc2)(N(CC)CC)c2cc3c(cc21)OCCO3. The topological polar surface area (TPSA) is 57.6 Å². The van der Waals surface area contributed by atoms with Gasteiger partial charge in [0.05, 0.1) is 22.4 Å². The van der Waals surface area contributed by atoms with Crippen LogP contribution in [0.1, 0.15) is 20.8 Å². The number of hydrogen-bond acceptors (Lipinski definition) is 5. The van der Waals surface area contributed by atoms with E-state index in [1.54, 1.807) is 29.2 Å². The van der Waals surface area contributed by atoms with E-state index in [4.69, 9.17) is 14.2 Å². The van der Waals surface area contributed by atoms with Crippen molar-refractivity contribution >= 4 is 47.5 Å². The highest BCUT2D eigenvalue weighted by Gasteiger charge is 2.48. The lowest BCUT2D eigenvalue weighted by atomic mass is 10.2. The van der Waals surface area contributed by atoms with Crippen LogP contribution in [0.2, 0.25) is 0 Å². The summed E-state index contributed by atoms with van der Waals surface area (Å²) < 4.78 is 47.3. The van der Waals surface area contributed by atoms with Crippen molar-refractivity contribution in [3.05, 3.63) is 66.7 Å². The number of rotatable bonds is 8. The molecule has 0 saturated heterocycles. The zero-order valence-corrected chi connectivity index (χ0v) is 23.8. The van der Waals surface area contributed by atoms with Gasteiger partial charge in [-0.1, -0.05) is 43.8 Å². The van der Waals surface area contributed by atoms with Crippen LogP contribution in [0.3, 0.4) is 0 Å². The molecule has 39 heavy (non-hydrogen) atoms. The van der Waals surface area contributed by atoms with E-state index in [-0.39, 0.29) is 6.03 Å². The van der Waals surface area contributed by atoms with Crippen molar-refractivity contribution in [2.24, 2.45) is 4.74 Å². The minimum Gasteiger partial charge on any atom is -0.486 e. The Bertz CT molecular complexity index is 1390. The van der Waals surface area contributed by atoms with Crippen LogP contribution in [-0.4, -0.2) is 49.3 Å². The molecule has 11 heteroatoms. The summed E-state index contributed by atoms with van der Waals surface area (Å²) in [5, 5.41) is 0.881. The lowest BCUT2D eigenvalue weighted by molar-refractivity contribution is 0.172. The third kappa shape index (κ3) is 5.01. The fourth-order valence-electron chi connectivity index (χ4n) is 5.03. The number of carbonyl (C=O) groups excluding carboxylic acids is 1. The number of para-hydroxylation sites is 1. The van der Waals surface area contributed by atoms with Crippen LogP contribution in [-0.2, 0) is 0 Å². The molecule has 206 valence electrons. The molecule has 2 amide bonds. The van der Waals surface area contributed by atoms with Gasteiger partial charge in [-0.05, 0) is 49.4 Å². The highest BCUT2D eigenvalue weighted by atomic mass is 32.2. The average Bonchev–Trinajstić information content (AvgIpc) is 2.94. The Morgan fingerprint density at radius 3 is 2.21 bits per heavy atom. The van der Waals surface area contributed by atoms with Gasteiger partial charge in [0.2, 0.25) is 0 Å². The van der Waals surface area contributed by atoms with Gasteiger partial charge in [0, 0.05) is 30.6 Å². The van der Waals surface area contributed by atoms with E-state index >= 15 is 0 Å². The van der Waals surface area contributed by atoms with Gasteiger partial charge in [-0.3, -0.25) is 4.90 Å². The maximum absolute atomic E-state index is 14.4. The van der Waals surface area contributed by atoms with Crippen LogP contribution in [0.4, 0.5) is 30.6 Å². The monoisotopic (exact) mass is 572 g/mol. The molecule has 0 spiro atoms. The zero-order valence-electron chi connectivity index (χ0n) is 22.1. The molecule has 3 aromatic rings. The number of ether oxygens (including phenoxy) is 2. The number of urea groups is 1. The van der Waals surface area contributed by atoms with E-state index in [0.29, 0.717) is 66.7 Å². The summed E-state index contributed by atoms with van der Waals surface area (Å²) in [7, 11) is -3.03. The van der Waals surface area contributed by atoms with E-state index in [0.717, 1.165) is 16.7 Å². The Labute approximate surface area is 231 Å². The van der Waals surface area contributed by atoms with Crippen molar-refractivity contribution in [2.75, 3.05) is 42.4 Å². The molecule has 3 aromatic carbocycles. The van der Waals surface area contributed by atoms with Gasteiger partial charge in [-0.25, -0.2) is 18.9 Å². The number of benzene rings is 3. The van der Waals surface area contributed by atoms with Crippen LogP contribution in [0.15, 0.2) is 76.4 Å². The first-order chi connectivity index (χ1) is 18.9. The standard InChI is InChI=1S/C28H31F2N4O3PS/c1-4-32(5-2)38(31-20-12-14-22(15-13-20)39-27(29)30)26-19-25-24(36-16-17-37-25)18-23(26)33(6-3)28(35)34(38)21-10-8-7-9-11-21/h7-15,18-19,27H,4-6,16-17H2,1-3H3/t38-/m0/s1. The third-order valence-corrected chi connectivity index (χ3v) is 11.3. The second kappa shape index (κ2) is 11.6. The Balaban J connectivity index is 1.86. The van der Waals surface area contributed by atoms with Gasteiger partial charge < -0.3 is 9.47 Å². The number of amides is 2. The lowest BCUT2D eigenvalue weighted by Gasteiger charge is -2.49. The molecule has 0 bridgehead atoms. The number of thioether (sulfide) groups is 1. The molecule has 0 aromatic heterocycles. The van der Waals surface area contributed by atoms with Crippen LogP contribution in [0.25, 0.3) is 0 Å². The first-order valence-electron chi connectivity index (χ1n) is 13.0. The number of nitrogens with zero attached hydrogens (tertiary/aromatic N) is 4. The minimum absolute atomic E-state index is 0.179. The largest absolute Gasteiger partial charge is 0.486 e. The van der Waals surface area contributed by atoms with Crippen LogP contribution < -0.4 is 24.3 Å². The van der Waals surface area contributed by atoms with Gasteiger partial charge in [0.25, 0.3) is 5.76 Å². The van der Waals surface area contributed by atoms with Crippen molar-refractivity contribution in [1.29, 1.82) is 0 Å². The van der Waals surface area contributed by atoms with E-state index in [1.165, 1.54) is 0 Å². The molecule has 2 heterocycles. The van der Waals surface area contributed by atoms with Crippen molar-refractivity contribution in [2.45, 2.75) is 31.4 Å². The molecule has 2 aliphatic heterocycles. The molecule has 0 fully saturated rings. The molecule has 5 rings (SSSR count). The van der Waals surface area contributed by atoms with Gasteiger partial charge in [0.15, 0.2) is 18.9 Å². The summed E-state index contributed by atoms with van der Waals surface area (Å²) in [5.74, 6) is -1.29. The van der Waals surface area contributed by atoms with Crippen LogP contribution in [0, 0.1) is 0 Å². The van der Waals surface area contributed by atoms with Crippen molar-refractivity contribution < 1.29 is 23.0 Å². The van der Waals surface area contributed by atoms with Crippen molar-refractivity contribution in [3.8, 4) is 11.5 Å². The zero-order chi connectivity index (χ0) is 27.6. The second-order valence-corrected chi connectivity index (χ2v) is 12.7. The summed E-state index contributed by atoms with van der Waals surface area (Å²) >= 11 is 0.495. The molecule has 7 nitrogen and oxygen atoms in total. The predicted molar refractivity (Wildman–Crippen MR) is 155 cm³/mol. The smallest absolute Gasteiger partial charge is 0.334 e. The number of fused-ring (bicyclic) bond motifs is 2. The minimum atomic E-state index is -3.03. The average molecular weight is 573 g/mol. The molecule has 0 N–H and O–H groups in total. The molecular formula is C28H31F2N4O3PS. The summed E-state index contributed by atoms with van der Waals surface area (Å²) in [6.07, 6.45) is 0. The van der Waals surface area contributed by atoms with Gasteiger partial charge >= 0.3 is 6.03 Å². The molecular weight excluding hydrogens is 541 g/mol. The van der Waals surface area contributed by atoms with E-state index in [1.807, 2.05) is 54.1 Å². The fraction of sp³-hybridized carbons (Fsp3) is 0.321. The van der Waals surface area contributed by atoms with E-state index in [9.17, 15) is 13.6 Å². The van der Waals surface area contributed by atoms with Crippen molar-refractivity contribution in [3.63, 3.8) is 0 Å². The second-order valence-electron chi connectivity index (χ2n) is 8.84. The first kappa shape index (κ1) is 27.5. The van der Waals surface area contributed by atoms with E-state index in [2.05, 4.69) is 18.5 Å². The predicted octanol–water partition coefficient (Wildman–Crippen LogP) is 7.57. The molecule has 0 aliphatic carbocycles. The summed E-state index contributed by atoms with van der Waals surface area (Å²) in [4.78, 5) is 16.6. The summed E-state index contributed by atoms with van der Waals surface area (Å²) in [6, 6.07) is 20.1. The van der Waals surface area contributed by atoms with Gasteiger partial charge in [0.1, 0.15) is 13.2 Å². The van der Waals surface area contributed by atoms with Gasteiger partial charge in [-0.15, -0.1) is 0 Å². The quantitative estimate of drug-likeness (QED) is 0.206. The Morgan fingerprint density at radius 2 is 1.62 bits per heavy atom. The Kier molecular flexibility index (Phi) is 8.16. The fourth-order valence-corrected chi connectivity index (χ4v) is 9.45. The third-order valence-electron chi connectivity index (χ3n) is 6.70. The number of hydrogen-bond donors (Lipinski definition) is 0. The maximum Gasteiger partial charge on any atom is 0.334 e. The lowest BCUT2D eigenvalue weighted by Crippen LogP contribution is -2.53. The highest BCUT2D eigenvalue weighted by molar-refractivity contribution is 7.99. The molecule has 0 unspecified atom stereocenters. The van der Waals surface area contributed by atoms with Crippen LogP contribution in [0.5, 0.6) is 11.5 Å². The van der Waals surface area contributed by atoms with Gasteiger partial charge in [-0.2, -0.15) is 8.78 Å². The summed E-state index contributed by atoms with van der Waals surface area (Å²) in [5.41, 5.74) is 2.08. The molecule has 0 radical (unpaired) electrons. The maximum atomic E-state index is 14.4. The highest BCUT2D eigenvalue weighted by Crippen LogP contribution is 2.63. The van der Waals surface area contributed by atoms with Crippen LogP contribution >= 0.6 is 19.1 Å². The molecule has 0 saturated carbocycles. The number of carbonyl (C=O) groups is 1. The first-order valence-corrected chi connectivity index (χ1v) is 15.5. The van der Waals surface area contributed by atoms with E-state index < -0.39 is 13.1 Å². The Hall–Kier alpha value is -3.07. The summed E-state index contributed by atoms with van der Waals surface area (Å²) in [6.45, 7) is 8.63. The number of halogens is 2. The number of anilines is 2. The Morgan fingerprint density at radius 1 is 0.974 bits per heavy atom. The normalized spacial score (nSPS) is 18.5. The van der Waals surface area contributed by atoms with Crippen molar-refractivity contribution in [1.82, 2.24) is 4.67 Å².